The van der Waals surface area contributed by atoms with E-state index in [-0.39, 0.29) is 17.7 Å². The second kappa shape index (κ2) is 16.2. The van der Waals surface area contributed by atoms with Gasteiger partial charge in [-0.1, -0.05) is 39.5 Å². The number of carbonyl (C=O) groups excluding carboxylic acids is 1. The largest absolute Gasteiger partial charge is 0.493 e. The van der Waals surface area contributed by atoms with E-state index in [9.17, 15) is 4.79 Å². The second-order valence-corrected chi connectivity index (χ2v) is 16.5. The molecule has 2 rings (SSSR count). The standard InChI is InChI=1S/C31H52N2O6Si/c1-10-21-37-28-24-25(23-27(35-6)29(28)36-7)30(34)38-22-13-17-32-15-12-16-33(20-19-32)18-14-26(11-2)39-40(8,9)31(3,4)5/h10-11,23-24,26H,1-2,12-22H2,3-9H3. The third-order valence-corrected chi connectivity index (χ3v) is 12.3. The van der Waals surface area contributed by atoms with Crippen LogP contribution in [-0.4, -0.2) is 96.9 Å². The highest BCUT2D eigenvalue weighted by molar-refractivity contribution is 6.74. The van der Waals surface area contributed by atoms with Crippen molar-refractivity contribution in [2.45, 2.75) is 64.3 Å². The van der Waals surface area contributed by atoms with Crippen molar-refractivity contribution in [1.29, 1.82) is 0 Å². The molecule has 1 saturated heterocycles. The van der Waals surface area contributed by atoms with Gasteiger partial charge in [0, 0.05) is 26.2 Å². The minimum Gasteiger partial charge on any atom is -0.493 e. The molecule has 1 aliphatic heterocycles. The van der Waals surface area contributed by atoms with Gasteiger partial charge in [0.15, 0.2) is 19.8 Å². The normalized spacial score (nSPS) is 16.1. The minimum absolute atomic E-state index is 0.102. The third-order valence-electron chi connectivity index (χ3n) is 7.82. The van der Waals surface area contributed by atoms with Crippen LogP contribution in [0.4, 0.5) is 0 Å². The molecule has 0 saturated carbocycles. The van der Waals surface area contributed by atoms with Gasteiger partial charge < -0.3 is 33.2 Å². The van der Waals surface area contributed by atoms with Crippen LogP contribution < -0.4 is 14.2 Å². The molecule has 1 atom stereocenters. The van der Waals surface area contributed by atoms with Crippen LogP contribution in [0.1, 0.15) is 50.4 Å². The number of esters is 1. The quantitative estimate of drug-likeness (QED) is 0.106. The van der Waals surface area contributed by atoms with E-state index in [2.05, 4.69) is 56.8 Å². The number of carbonyl (C=O) groups is 1. The van der Waals surface area contributed by atoms with Crippen molar-refractivity contribution in [2.24, 2.45) is 0 Å². The average molecular weight is 577 g/mol. The summed E-state index contributed by atoms with van der Waals surface area (Å²) in [5.41, 5.74) is 0.359. The van der Waals surface area contributed by atoms with E-state index in [1.54, 1.807) is 18.2 Å². The van der Waals surface area contributed by atoms with Crippen molar-refractivity contribution in [3.8, 4) is 17.2 Å². The molecule has 1 aromatic rings. The lowest BCUT2D eigenvalue weighted by molar-refractivity contribution is 0.0487. The van der Waals surface area contributed by atoms with Crippen LogP contribution >= 0.6 is 0 Å². The van der Waals surface area contributed by atoms with Gasteiger partial charge in [0.1, 0.15) is 6.61 Å². The monoisotopic (exact) mass is 576 g/mol. The lowest BCUT2D eigenvalue weighted by atomic mass is 10.2. The Hall–Kier alpha value is -2.33. The van der Waals surface area contributed by atoms with Gasteiger partial charge in [-0.2, -0.15) is 0 Å². The van der Waals surface area contributed by atoms with Crippen molar-refractivity contribution in [3.05, 3.63) is 43.0 Å². The highest BCUT2D eigenvalue weighted by atomic mass is 28.4. The molecule has 0 aromatic heterocycles. The fraction of sp³-hybridized carbons (Fsp3) is 0.645. The van der Waals surface area contributed by atoms with Crippen LogP contribution in [0.15, 0.2) is 37.4 Å². The van der Waals surface area contributed by atoms with E-state index in [0.29, 0.717) is 29.4 Å². The van der Waals surface area contributed by atoms with E-state index in [1.807, 2.05) is 6.08 Å². The van der Waals surface area contributed by atoms with Gasteiger partial charge in [-0.25, -0.2) is 4.79 Å². The predicted octanol–water partition coefficient (Wildman–Crippen LogP) is 5.79. The predicted molar refractivity (Wildman–Crippen MR) is 165 cm³/mol. The Balaban J connectivity index is 1.79. The van der Waals surface area contributed by atoms with Gasteiger partial charge in [0.2, 0.25) is 5.75 Å². The van der Waals surface area contributed by atoms with Crippen molar-refractivity contribution >= 4 is 14.3 Å². The Morgan fingerprint density at radius 2 is 1.68 bits per heavy atom. The van der Waals surface area contributed by atoms with Crippen LogP contribution in [0.25, 0.3) is 0 Å². The fourth-order valence-electron chi connectivity index (χ4n) is 4.40. The molecule has 40 heavy (non-hydrogen) atoms. The maximum atomic E-state index is 12.8. The summed E-state index contributed by atoms with van der Waals surface area (Å²) in [5.74, 6) is 0.840. The topological polar surface area (TPSA) is 69.7 Å². The molecular weight excluding hydrogens is 524 g/mol. The van der Waals surface area contributed by atoms with Gasteiger partial charge >= 0.3 is 5.97 Å². The van der Waals surface area contributed by atoms with Crippen molar-refractivity contribution < 1.29 is 28.2 Å². The Bertz CT molecular complexity index is 962. The number of hydrogen-bond donors (Lipinski definition) is 0. The summed E-state index contributed by atoms with van der Waals surface area (Å²) < 4.78 is 28.6. The van der Waals surface area contributed by atoms with Gasteiger partial charge in [-0.3, -0.25) is 0 Å². The van der Waals surface area contributed by atoms with Gasteiger partial charge in [-0.15, -0.1) is 6.58 Å². The minimum atomic E-state index is -1.82. The maximum Gasteiger partial charge on any atom is 0.338 e. The highest BCUT2D eigenvalue weighted by Gasteiger charge is 2.38. The first kappa shape index (κ1) is 33.9. The summed E-state index contributed by atoms with van der Waals surface area (Å²) in [7, 11) is 1.23. The summed E-state index contributed by atoms with van der Waals surface area (Å²) in [4.78, 5) is 17.7. The number of hydrogen-bond acceptors (Lipinski definition) is 8. The third kappa shape index (κ3) is 10.3. The molecule has 9 heteroatoms. The Kier molecular flexibility index (Phi) is 13.7. The van der Waals surface area contributed by atoms with Gasteiger partial charge in [-0.05, 0) is 62.6 Å². The molecule has 1 unspecified atom stereocenters. The molecule has 8 nitrogen and oxygen atoms in total. The SMILES string of the molecule is C=CCOc1cc(C(=O)OCCCN2CCCN(CCC(C=C)O[Si](C)(C)C(C)(C)C)CC2)cc(OC)c1OC. The van der Waals surface area contributed by atoms with Crippen molar-refractivity contribution in [1.82, 2.24) is 9.80 Å². The van der Waals surface area contributed by atoms with Crippen LogP contribution in [0, 0.1) is 0 Å². The van der Waals surface area contributed by atoms with E-state index in [0.717, 1.165) is 58.5 Å². The van der Waals surface area contributed by atoms with E-state index >= 15 is 0 Å². The van der Waals surface area contributed by atoms with Crippen LogP contribution in [0.2, 0.25) is 18.1 Å². The molecule has 1 aromatic carbocycles. The summed E-state index contributed by atoms with van der Waals surface area (Å²) in [6.07, 6.45) is 6.58. The fourth-order valence-corrected chi connectivity index (χ4v) is 5.73. The number of benzene rings is 1. The van der Waals surface area contributed by atoms with E-state index in [1.165, 1.54) is 14.2 Å². The van der Waals surface area contributed by atoms with Crippen molar-refractivity contribution in [3.63, 3.8) is 0 Å². The van der Waals surface area contributed by atoms with E-state index < -0.39 is 14.3 Å². The molecular formula is C31H52N2O6Si. The van der Waals surface area contributed by atoms with Crippen LogP contribution in [-0.2, 0) is 9.16 Å². The molecule has 1 fully saturated rings. The Labute approximate surface area is 243 Å². The smallest absolute Gasteiger partial charge is 0.338 e. The lowest BCUT2D eigenvalue weighted by Gasteiger charge is -2.39. The number of rotatable bonds is 16. The lowest BCUT2D eigenvalue weighted by Crippen LogP contribution is -2.44. The summed E-state index contributed by atoms with van der Waals surface area (Å²) in [5, 5.41) is 0.190. The van der Waals surface area contributed by atoms with Gasteiger partial charge in [0.05, 0.1) is 32.5 Å². The Morgan fingerprint density at radius 1 is 1.02 bits per heavy atom. The molecule has 226 valence electrons. The van der Waals surface area contributed by atoms with Crippen LogP contribution in [0.5, 0.6) is 17.2 Å². The first-order valence-electron chi connectivity index (χ1n) is 14.4. The molecule has 1 heterocycles. The number of methoxy groups -OCH3 is 2. The number of ether oxygens (including phenoxy) is 4. The number of nitrogens with zero attached hydrogens (tertiary/aromatic N) is 2. The zero-order valence-corrected chi connectivity index (χ0v) is 26.9. The Morgan fingerprint density at radius 3 is 2.25 bits per heavy atom. The zero-order chi connectivity index (χ0) is 29.8. The average Bonchev–Trinajstić information content (AvgIpc) is 3.15. The maximum absolute atomic E-state index is 12.8. The summed E-state index contributed by atoms with van der Waals surface area (Å²) in [6, 6.07) is 3.23. The summed E-state index contributed by atoms with van der Waals surface area (Å²) >= 11 is 0. The highest BCUT2D eigenvalue weighted by Crippen LogP contribution is 2.39. The molecule has 0 N–H and O–H groups in total. The molecule has 0 bridgehead atoms. The first-order chi connectivity index (χ1) is 18.9. The molecule has 1 aliphatic rings. The van der Waals surface area contributed by atoms with Crippen LogP contribution in [0.3, 0.4) is 0 Å². The zero-order valence-electron chi connectivity index (χ0n) is 25.9. The second-order valence-electron chi connectivity index (χ2n) is 11.8. The van der Waals surface area contributed by atoms with E-state index in [4.69, 9.17) is 23.4 Å². The molecule has 0 radical (unpaired) electrons. The molecule has 0 spiro atoms. The first-order valence-corrected chi connectivity index (χ1v) is 17.3. The summed E-state index contributed by atoms with van der Waals surface area (Å²) in [6.45, 7) is 25.8. The van der Waals surface area contributed by atoms with Gasteiger partial charge in [0.25, 0.3) is 0 Å². The molecule has 0 aliphatic carbocycles. The van der Waals surface area contributed by atoms with Crippen molar-refractivity contribution in [2.75, 3.05) is 66.7 Å². The molecule has 0 amide bonds.